The van der Waals surface area contributed by atoms with Crippen LogP contribution >= 0.6 is 0 Å². The summed E-state index contributed by atoms with van der Waals surface area (Å²) >= 11 is 0. The molecule has 1 aromatic carbocycles. The number of aromatic nitrogens is 7. The molecule has 7 heterocycles. The maximum atomic E-state index is 14.3. The van der Waals surface area contributed by atoms with Crippen molar-refractivity contribution in [2.45, 2.75) is 82.0 Å². The predicted molar refractivity (Wildman–Crippen MR) is 228 cm³/mol. The van der Waals surface area contributed by atoms with Crippen LogP contribution in [0.15, 0.2) is 47.7 Å². The lowest BCUT2D eigenvalue weighted by atomic mass is 9.81. The van der Waals surface area contributed by atoms with Gasteiger partial charge in [0.25, 0.3) is 12.3 Å². The second-order valence-corrected chi connectivity index (χ2v) is 16.7. The third-order valence-corrected chi connectivity index (χ3v) is 13.0. The Morgan fingerprint density at radius 1 is 1.05 bits per heavy atom. The highest BCUT2D eigenvalue weighted by molar-refractivity contribution is 6.08. The number of imide groups is 1. The maximum absolute atomic E-state index is 14.3. The summed E-state index contributed by atoms with van der Waals surface area (Å²) in [6, 6.07) is 8.47. The van der Waals surface area contributed by atoms with Crippen molar-refractivity contribution in [1.82, 2.24) is 43.7 Å². The predicted octanol–water partition coefficient (Wildman–Crippen LogP) is 3.74. The van der Waals surface area contributed by atoms with Gasteiger partial charge in [-0.25, -0.2) is 23.1 Å². The number of aryl methyl sites for hydroxylation is 1. The number of carbonyl (C=O) groups is 3. The Bertz CT molecular complexity index is 2740. The number of fused-ring (bicyclic) bond motifs is 2. The molecule has 1 saturated carbocycles. The molecular weight excluding hydrogens is 831 g/mol. The van der Waals surface area contributed by atoms with Crippen LogP contribution in [0.4, 0.5) is 20.3 Å². The van der Waals surface area contributed by atoms with Crippen LogP contribution in [-0.4, -0.2) is 114 Å². The van der Waals surface area contributed by atoms with E-state index in [0.29, 0.717) is 80.3 Å². The molecule has 4 fully saturated rings. The fourth-order valence-corrected chi connectivity index (χ4v) is 9.58. The quantitative estimate of drug-likeness (QED) is 0.153. The summed E-state index contributed by atoms with van der Waals surface area (Å²) in [4.78, 5) is 60.0. The minimum Gasteiger partial charge on any atom is -0.378 e. The molecule has 2 atom stereocenters. The van der Waals surface area contributed by atoms with Gasteiger partial charge in [0.2, 0.25) is 11.8 Å². The van der Waals surface area contributed by atoms with Crippen molar-refractivity contribution in [1.29, 1.82) is 5.26 Å². The van der Waals surface area contributed by atoms with Crippen molar-refractivity contribution in [2.24, 2.45) is 13.0 Å². The maximum Gasteiger partial charge on any atom is 0.329 e. The smallest absolute Gasteiger partial charge is 0.329 e. The first-order valence-electron chi connectivity index (χ1n) is 21.7. The van der Waals surface area contributed by atoms with Crippen LogP contribution in [0.25, 0.3) is 16.7 Å². The largest absolute Gasteiger partial charge is 0.378 e. The number of hydrogen-bond acceptors (Lipinski definition) is 12. The molecule has 5 aromatic rings. The summed E-state index contributed by atoms with van der Waals surface area (Å²) in [5.74, 6) is 5.53. The topological polar surface area (TPSA) is 199 Å². The molecule has 3 aliphatic heterocycles. The van der Waals surface area contributed by atoms with Crippen LogP contribution in [0.5, 0.6) is 0 Å². The number of hydrogen-bond donors (Lipinski definition) is 2. The van der Waals surface area contributed by atoms with Gasteiger partial charge < -0.3 is 19.7 Å². The van der Waals surface area contributed by atoms with E-state index in [4.69, 9.17) is 9.47 Å². The minimum atomic E-state index is -2.91. The minimum absolute atomic E-state index is 0.0374. The highest BCUT2D eigenvalue weighted by Crippen LogP contribution is 2.38. The molecule has 3 amide bonds. The Balaban J connectivity index is 0.776. The Morgan fingerprint density at radius 3 is 2.56 bits per heavy atom. The first kappa shape index (κ1) is 42.8. The van der Waals surface area contributed by atoms with Crippen LogP contribution in [0.2, 0.25) is 0 Å². The van der Waals surface area contributed by atoms with Gasteiger partial charge in [0.1, 0.15) is 30.1 Å². The van der Waals surface area contributed by atoms with Gasteiger partial charge in [-0.15, -0.1) is 0 Å². The van der Waals surface area contributed by atoms with Gasteiger partial charge in [-0.1, -0.05) is 17.9 Å². The van der Waals surface area contributed by atoms with Gasteiger partial charge in [-0.2, -0.15) is 15.5 Å². The summed E-state index contributed by atoms with van der Waals surface area (Å²) in [5, 5.41) is 23.8. The molecule has 4 aliphatic rings. The van der Waals surface area contributed by atoms with E-state index in [9.17, 15) is 33.2 Å². The molecule has 18 nitrogen and oxygen atoms in total. The Kier molecular flexibility index (Phi) is 12.3. The number of para-hydroxylation sites is 1. The number of halogens is 2. The molecule has 20 heteroatoms. The zero-order chi connectivity index (χ0) is 44.5. The Labute approximate surface area is 366 Å². The Hall–Kier alpha value is -6.48. The van der Waals surface area contributed by atoms with Gasteiger partial charge >= 0.3 is 5.69 Å². The van der Waals surface area contributed by atoms with Crippen LogP contribution in [0, 0.1) is 29.1 Å². The fraction of sp³-hybridized carbons (Fsp3) is 0.500. The van der Waals surface area contributed by atoms with E-state index < -0.39 is 30.0 Å². The number of rotatable bonds is 10. The average Bonchev–Trinajstić information content (AvgIpc) is 4.00. The van der Waals surface area contributed by atoms with Crippen LogP contribution in [0.3, 0.4) is 0 Å². The van der Waals surface area contributed by atoms with Crippen molar-refractivity contribution in [3.8, 4) is 17.9 Å². The molecule has 9 rings (SSSR count). The molecule has 4 aromatic heterocycles. The molecule has 3 saturated heterocycles. The van der Waals surface area contributed by atoms with E-state index in [1.807, 2.05) is 17.0 Å². The number of amides is 3. The fourth-order valence-electron chi connectivity index (χ4n) is 9.58. The number of anilines is 2. The van der Waals surface area contributed by atoms with Crippen molar-refractivity contribution in [3.05, 3.63) is 70.2 Å². The molecule has 2 N–H and O–H groups in total. The number of carbonyl (C=O) groups excluding carboxylic acids is 3. The van der Waals surface area contributed by atoms with Gasteiger partial charge in [-0.3, -0.25) is 38.4 Å². The zero-order valence-corrected chi connectivity index (χ0v) is 35.3. The number of piperidine rings is 2. The third kappa shape index (κ3) is 8.48. The van der Waals surface area contributed by atoms with Crippen molar-refractivity contribution in [3.63, 3.8) is 0 Å². The van der Waals surface area contributed by atoms with E-state index >= 15 is 0 Å². The van der Waals surface area contributed by atoms with Gasteiger partial charge in [-0.05, 0) is 69.1 Å². The molecule has 334 valence electrons. The standard InChI is InChI=1S/C44H48F2N12O6/c1-53-39-28(4-2-6-33(39)58(44(53)62)34-11-12-37(59)51-43(34)61)5-3-21-64-30-13-16-54(17-14-30)35(24-47)27-7-9-29(10-8-27)57-26-32(38(52-57)40(45)46)49-42(60)31-25-48-56-18-15-36(50-41(31)56)55-19-22-63-23-20-55/h2,4,6,15,18,25-27,29-30,34-35,40H,7-14,16-17,19-23H2,1H3,(H,49,60)(H,51,59,61). The highest BCUT2D eigenvalue weighted by Gasteiger charge is 2.36. The summed E-state index contributed by atoms with van der Waals surface area (Å²) in [6.07, 6.45) is 6.18. The first-order chi connectivity index (χ1) is 31.1. The van der Waals surface area contributed by atoms with Gasteiger partial charge in [0.05, 0.1) is 59.9 Å². The molecule has 0 bridgehead atoms. The monoisotopic (exact) mass is 878 g/mol. The van der Waals surface area contributed by atoms with E-state index in [2.05, 4.69) is 48.6 Å². The molecule has 1 aliphatic carbocycles. The number of morpholine rings is 1. The summed E-state index contributed by atoms with van der Waals surface area (Å²) in [7, 11) is 1.64. The Morgan fingerprint density at radius 2 is 1.83 bits per heavy atom. The molecule has 0 radical (unpaired) electrons. The molecular formula is C44H48F2N12O6. The van der Waals surface area contributed by atoms with E-state index in [-0.39, 0.29) is 66.4 Å². The number of imidazole rings is 1. The van der Waals surface area contributed by atoms with Crippen LogP contribution in [0.1, 0.15) is 91.5 Å². The second-order valence-electron chi connectivity index (χ2n) is 16.7. The van der Waals surface area contributed by atoms with Crippen LogP contribution in [-0.2, 0) is 26.1 Å². The number of likely N-dealkylation sites (tertiary alicyclic amines) is 1. The van der Waals surface area contributed by atoms with Crippen molar-refractivity contribution < 1.29 is 32.6 Å². The molecule has 64 heavy (non-hydrogen) atoms. The molecule has 0 spiro atoms. The number of ether oxygens (including phenoxy) is 2. The lowest BCUT2D eigenvalue weighted by Crippen LogP contribution is -2.46. The zero-order valence-electron chi connectivity index (χ0n) is 35.3. The highest BCUT2D eigenvalue weighted by atomic mass is 19.3. The van der Waals surface area contributed by atoms with E-state index in [1.54, 1.807) is 25.4 Å². The van der Waals surface area contributed by atoms with E-state index in [1.165, 1.54) is 30.7 Å². The third-order valence-electron chi connectivity index (χ3n) is 13.0. The van der Waals surface area contributed by atoms with E-state index in [0.717, 1.165) is 25.7 Å². The van der Waals surface area contributed by atoms with Crippen molar-refractivity contribution >= 4 is 45.9 Å². The number of benzene rings is 1. The number of alkyl halides is 2. The van der Waals surface area contributed by atoms with Crippen molar-refractivity contribution in [2.75, 3.05) is 56.2 Å². The summed E-state index contributed by atoms with van der Waals surface area (Å²) in [5.41, 5.74) is 1.31. The number of nitrogens with one attached hydrogen (secondary N) is 2. The lowest BCUT2D eigenvalue weighted by Gasteiger charge is -2.39. The number of nitrogens with zero attached hydrogens (tertiary/aromatic N) is 10. The van der Waals surface area contributed by atoms with Gasteiger partial charge in [0.15, 0.2) is 11.3 Å². The second kappa shape index (κ2) is 18.3. The lowest BCUT2D eigenvalue weighted by molar-refractivity contribution is -0.135. The normalized spacial score (nSPS) is 21.7. The first-order valence-corrected chi connectivity index (χ1v) is 21.7. The molecule has 2 unspecified atom stereocenters. The number of nitriles is 1. The van der Waals surface area contributed by atoms with Crippen LogP contribution < -0.4 is 21.2 Å². The average molecular weight is 879 g/mol. The SMILES string of the molecule is Cn1c(=O)n(C2CCC(=O)NC2=O)c2cccc(C#CCOC3CCN(C(C#N)C4CCC(n5cc(NC(=O)c6cnn7ccc(N8CCOCC8)nc67)c(C(F)F)n5)CC4)CC3)c21. The summed E-state index contributed by atoms with van der Waals surface area (Å²) in [6.45, 7) is 3.99. The van der Waals surface area contributed by atoms with Gasteiger partial charge in [0, 0.05) is 52.0 Å². The summed E-state index contributed by atoms with van der Waals surface area (Å²) < 4.78 is 46.1.